The lowest BCUT2D eigenvalue weighted by molar-refractivity contribution is -0.118. The van der Waals surface area contributed by atoms with Gasteiger partial charge in [-0.15, -0.1) is 0 Å². The van der Waals surface area contributed by atoms with E-state index in [0.717, 1.165) is 11.3 Å². The van der Waals surface area contributed by atoms with Crippen molar-refractivity contribution >= 4 is 63.9 Å². The molecule has 1 atom stereocenters. The first-order valence-corrected chi connectivity index (χ1v) is 13.0. The summed E-state index contributed by atoms with van der Waals surface area (Å²) in [6, 6.07) is 14.3. The molecule has 1 amide bonds. The Labute approximate surface area is 223 Å². The molecule has 0 saturated heterocycles. The molecular weight excluding hydrogens is 525 g/mol. The summed E-state index contributed by atoms with van der Waals surface area (Å²) in [6.45, 7) is 4.10. The molecule has 1 heterocycles. The minimum atomic E-state index is -0.519. The number of rotatable bonds is 5. The van der Waals surface area contributed by atoms with Crippen molar-refractivity contribution in [2.75, 3.05) is 11.1 Å². The van der Waals surface area contributed by atoms with Crippen LogP contribution in [0.1, 0.15) is 38.2 Å². The number of hydrogen-bond donors (Lipinski definition) is 2. The lowest BCUT2D eigenvalue weighted by Crippen LogP contribution is -2.37. The lowest BCUT2D eigenvalue weighted by Gasteiger charge is -2.39. The largest absolute Gasteiger partial charge is 0.352 e. The van der Waals surface area contributed by atoms with E-state index in [1.165, 1.54) is 11.8 Å². The highest BCUT2D eigenvalue weighted by molar-refractivity contribution is 8.03. The van der Waals surface area contributed by atoms with Gasteiger partial charge >= 0.3 is 0 Å². The van der Waals surface area contributed by atoms with Gasteiger partial charge in [0.25, 0.3) is 0 Å². The molecule has 35 heavy (non-hydrogen) atoms. The average Bonchev–Trinajstić information content (AvgIpc) is 2.75. The predicted octanol–water partition coefficient (Wildman–Crippen LogP) is 7.08. The van der Waals surface area contributed by atoms with Crippen LogP contribution in [0, 0.1) is 16.7 Å². The first-order valence-electron chi connectivity index (χ1n) is 10.9. The summed E-state index contributed by atoms with van der Waals surface area (Å²) in [5.41, 5.74) is 2.91. The second-order valence-corrected chi connectivity index (χ2v) is 11.6. The maximum atomic E-state index is 13.2. The van der Waals surface area contributed by atoms with Crippen molar-refractivity contribution in [3.63, 3.8) is 0 Å². The first-order chi connectivity index (χ1) is 16.6. The van der Waals surface area contributed by atoms with E-state index in [1.807, 2.05) is 26.0 Å². The molecule has 1 aliphatic carbocycles. The topological polar surface area (TPSA) is 82.0 Å². The number of dihydropyridines is 1. The van der Waals surface area contributed by atoms with Crippen LogP contribution in [0.2, 0.25) is 15.1 Å². The van der Waals surface area contributed by atoms with Gasteiger partial charge in [-0.05, 0) is 47.7 Å². The van der Waals surface area contributed by atoms with Gasteiger partial charge in [0.2, 0.25) is 5.91 Å². The predicted molar refractivity (Wildman–Crippen MR) is 143 cm³/mol. The third-order valence-corrected chi connectivity index (χ3v) is 7.53. The van der Waals surface area contributed by atoms with Crippen molar-refractivity contribution in [1.29, 1.82) is 5.26 Å². The van der Waals surface area contributed by atoms with Gasteiger partial charge in [0.05, 0.1) is 28.3 Å². The third-order valence-electron chi connectivity index (χ3n) is 5.82. The fraction of sp³-hybridized carbons (Fsp3) is 0.269. The van der Waals surface area contributed by atoms with Gasteiger partial charge in [0.15, 0.2) is 5.78 Å². The van der Waals surface area contributed by atoms with E-state index in [-0.39, 0.29) is 22.9 Å². The molecule has 180 valence electrons. The van der Waals surface area contributed by atoms with Crippen molar-refractivity contribution in [1.82, 2.24) is 5.32 Å². The zero-order chi connectivity index (χ0) is 25.3. The molecule has 2 aromatic carbocycles. The number of ketones is 1. The molecule has 2 aliphatic rings. The van der Waals surface area contributed by atoms with E-state index in [4.69, 9.17) is 34.8 Å². The molecule has 0 fully saturated rings. The van der Waals surface area contributed by atoms with Crippen molar-refractivity contribution in [2.45, 2.75) is 32.6 Å². The van der Waals surface area contributed by atoms with E-state index in [9.17, 15) is 14.9 Å². The number of nitriles is 1. The van der Waals surface area contributed by atoms with Gasteiger partial charge < -0.3 is 10.6 Å². The molecule has 0 unspecified atom stereocenters. The molecule has 9 heteroatoms. The van der Waals surface area contributed by atoms with Crippen LogP contribution in [0.25, 0.3) is 0 Å². The van der Waals surface area contributed by atoms with E-state index in [2.05, 4.69) is 16.7 Å². The fourth-order valence-corrected chi connectivity index (χ4v) is 5.95. The Hall–Kier alpha value is -2.43. The molecule has 0 radical (unpaired) electrons. The number of Topliss-reactive ketones (excluding diaryl/α,β-unsaturated/α-hetero) is 1. The quantitative estimate of drug-likeness (QED) is 0.419. The van der Waals surface area contributed by atoms with Crippen molar-refractivity contribution in [3.05, 3.63) is 85.0 Å². The van der Waals surface area contributed by atoms with Crippen molar-refractivity contribution in [2.24, 2.45) is 5.41 Å². The number of anilines is 1. The fourth-order valence-electron chi connectivity index (χ4n) is 4.44. The number of carbonyl (C=O) groups excluding carboxylic acids is 2. The summed E-state index contributed by atoms with van der Waals surface area (Å²) in [4.78, 5) is 25.9. The standard InChI is InChI=1S/C26H22Cl3N3O2S/c1-26(2)10-20-24(21(33)11-26)23(14-3-5-15(27)6-4-14)19(12-30)25(32-20)35-13-22(34)31-18-8-16(28)7-17(29)9-18/h3-9,23,32H,10-11,13H2,1-2H3,(H,31,34)/t23-/m0/s1. The van der Waals surface area contributed by atoms with Crippen molar-refractivity contribution < 1.29 is 9.59 Å². The Kier molecular flexibility index (Phi) is 7.54. The van der Waals surface area contributed by atoms with Gasteiger partial charge in [-0.1, -0.05) is 72.5 Å². The SMILES string of the molecule is CC1(C)CC(=O)C2=C(C1)NC(SCC(=O)Nc1cc(Cl)cc(Cl)c1)=C(C#N)[C@@H]2c1ccc(Cl)cc1. The van der Waals surface area contributed by atoms with E-state index in [0.29, 0.717) is 49.8 Å². The molecule has 2 aromatic rings. The summed E-state index contributed by atoms with van der Waals surface area (Å²) >= 11 is 19.3. The number of allylic oxidation sites excluding steroid dienone is 3. The smallest absolute Gasteiger partial charge is 0.234 e. The Morgan fingerprint density at radius 2 is 1.77 bits per heavy atom. The number of thioether (sulfide) groups is 1. The highest BCUT2D eigenvalue weighted by Gasteiger charge is 2.41. The minimum Gasteiger partial charge on any atom is -0.352 e. The normalized spacial score (nSPS) is 19.1. The molecule has 1 aliphatic heterocycles. The molecule has 0 saturated carbocycles. The average molecular weight is 547 g/mol. The maximum Gasteiger partial charge on any atom is 0.234 e. The summed E-state index contributed by atoms with van der Waals surface area (Å²) in [6.07, 6.45) is 1.07. The molecule has 0 bridgehead atoms. The first kappa shape index (κ1) is 25.7. The maximum absolute atomic E-state index is 13.2. The van der Waals surface area contributed by atoms with Gasteiger partial charge in [-0.2, -0.15) is 5.26 Å². The zero-order valence-electron chi connectivity index (χ0n) is 19.0. The third kappa shape index (κ3) is 5.87. The molecule has 2 N–H and O–H groups in total. The van der Waals surface area contributed by atoms with Crippen LogP contribution in [0.4, 0.5) is 5.69 Å². The highest BCUT2D eigenvalue weighted by Crippen LogP contribution is 2.48. The second kappa shape index (κ2) is 10.3. The van der Waals surface area contributed by atoms with Crippen LogP contribution < -0.4 is 10.6 Å². The van der Waals surface area contributed by atoms with Crippen molar-refractivity contribution in [3.8, 4) is 6.07 Å². The monoisotopic (exact) mass is 545 g/mol. The zero-order valence-corrected chi connectivity index (χ0v) is 22.1. The summed E-state index contributed by atoms with van der Waals surface area (Å²) in [5, 5.41) is 18.2. The van der Waals surface area contributed by atoms with Gasteiger partial charge in [0, 0.05) is 38.4 Å². The number of halogens is 3. The van der Waals surface area contributed by atoms with Gasteiger partial charge in [-0.25, -0.2) is 0 Å². The number of nitrogens with zero attached hydrogens (tertiary/aromatic N) is 1. The van der Waals surface area contributed by atoms with Crippen LogP contribution >= 0.6 is 46.6 Å². The number of nitrogens with one attached hydrogen (secondary N) is 2. The minimum absolute atomic E-state index is 0.0241. The van der Waals surface area contributed by atoms with E-state index < -0.39 is 5.92 Å². The summed E-state index contributed by atoms with van der Waals surface area (Å²) in [7, 11) is 0. The number of carbonyl (C=O) groups is 2. The Bertz CT molecular complexity index is 1290. The van der Waals surface area contributed by atoms with Crippen LogP contribution in [0.5, 0.6) is 0 Å². The van der Waals surface area contributed by atoms with Crippen LogP contribution in [0.3, 0.4) is 0 Å². The number of benzene rings is 2. The summed E-state index contributed by atoms with van der Waals surface area (Å²) < 4.78 is 0. The second-order valence-electron chi connectivity index (χ2n) is 9.29. The Balaban J connectivity index is 1.64. The molecule has 5 nitrogen and oxygen atoms in total. The molecule has 0 aromatic heterocycles. The Morgan fingerprint density at radius 3 is 2.40 bits per heavy atom. The lowest BCUT2D eigenvalue weighted by atomic mass is 9.69. The van der Waals surface area contributed by atoms with E-state index >= 15 is 0 Å². The van der Waals surface area contributed by atoms with E-state index in [1.54, 1.807) is 30.3 Å². The highest BCUT2D eigenvalue weighted by atomic mass is 35.5. The van der Waals surface area contributed by atoms with Crippen LogP contribution in [-0.2, 0) is 9.59 Å². The van der Waals surface area contributed by atoms with Crippen LogP contribution in [-0.4, -0.2) is 17.4 Å². The van der Waals surface area contributed by atoms with Gasteiger partial charge in [0.1, 0.15) is 0 Å². The molecule has 4 rings (SSSR count). The molecule has 0 spiro atoms. The summed E-state index contributed by atoms with van der Waals surface area (Å²) in [5.74, 6) is -0.724. The molecular formula is C26H22Cl3N3O2S. The Morgan fingerprint density at radius 1 is 1.11 bits per heavy atom. The van der Waals surface area contributed by atoms with Gasteiger partial charge in [-0.3, -0.25) is 9.59 Å². The number of amides is 1. The number of hydrogen-bond acceptors (Lipinski definition) is 5. The van der Waals surface area contributed by atoms with Crippen LogP contribution in [0.15, 0.2) is 64.3 Å².